The molecule has 0 saturated heterocycles. The Morgan fingerprint density at radius 1 is 0.376 bits per heavy atom. The Morgan fingerprint density at radius 2 is 0.635 bits per heavy atom. The molecular formula is C45H75F8N2O24S6-3. The van der Waals surface area contributed by atoms with Gasteiger partial charge in [-0.2, -0.15) is 8.78 Å². The summed E-state index contributed by atoms with van der Waals surface area (Å²) in [4.78, 5) is 69.3. The van der Waals surface area contributed by atoms with Gasteiger partial charge in [0, 0.05) is 96.6 Å². The summed E-state index contributed by atoms with van der Waals surface area (Å²) in [6, 6.07) is 0. The van der Waals surface area contributed by atoms with Gasteiger partial charge in [0.05, 0.1) is 29.3 Å². The molecule has 0 saturated carbocycles. The van der Waals surface area contributed by atoms with Crippen LogP contribution in [0, 0.1) is 30.0 Å². The van der Waals surface area contributed by atoms with Crippen LogP contribution in [0.3, 0.4) is 0 Å². The fourth-order valence-corrected chi connectivity index (χ4v) is 14.3. The van der Waals surface area contributed by atoms with Crippen molar-refractivity contribution in [3.05, 3.63) is 13.7 Å². The molecule has 0 aromatic heterocycles. The molecule has 0 spiro atoms. The molecule has 26 nitrogen and oxygen atoms in total. The van der Waals surface area contributed by atoms with Crippen molar-refractivity contribution in [1.29, 1.82) is 0 Å². The van der Waals surface area contributed by atoms with E-state index in [9.17, 15) is 114 Å². The number of rotatable bonds is 33. The third kappa shape index (κ3) is 33.5. The molecule has 2 amide bonds. The summed E-state index contributed by atoms with van der Waals surface area (Å²) >= 11 is 0. The van der Waals surface area contributed by atoms with Crippen molar-refractivity contribution >= 4 is 95.1 Å². The molecule has 0 radical (unpaired) electrons. The molecule has 0 atom stereocenters. The number of carbonyl (C=O) groups excluding carboxylic acids is 6. The lowest BCUT2D eigenvalue weighted by Crippen LogP contribution is -2.47. The quantitative estimate of drug-likeness (QED) is 0.0303. The molecule has 0 aliphatic carbocycles. The van der Waals surface area contributed by atoms with Crippen LogP contribution in [0.4, 0.5) is 44.7 Å². The zero-order valence-electron chi connectivity index (χ0n) is 49.2. The Balaban J connectivity index is -0.00000119. The molecule has 0 heterocycles. The molecular weight excluding hydrogens is 1300 g/mol. The van der Waals surface area contributed by atoms with Crippen LogP contribution in [0.2, 0.25) is 0 Å². The van der Waals surface area contributed by atoms with Crippen molar-refractivity contribution in [1.82, 2.24) is 10.6 Å². The fraction of sp³-hybridized carbons (Fsp3) is 0.800. The number of hydrogen-bond donors (Lipinski definition) is 2. The van der Waals surface area contributed by atoms with Gasteiger partial charge in [0.25, 0.3) is 17.8 Å². The van der Waals surface area contributed by atoms with Crippen molar-refractivity contribution in [3.63, 3.8) is 0 Å². The monoisotopic (exact) mass is 1370 g/mol. The molecule has 0 unspecified atom stereocenters. The summed E-state index contributed by atoms with van der Waals surface area (Å²) in [6.45, 7) is 7.79. The van der Waals surface area contributed by atoms with Crippen molar-refractivity contribution < 1.29 is 143 Å². The average Bonchev–Trinajstić information content (AvgIpc) is 3.49. The Morgan fingerprint density at radius 3 is 0.918 bits per heavy atom. The maximum absolute atomic E-state index is 13.9. The average molecular weight is 1370 g/mol. The lowest BCUT2D eigenvalue weighted by Gasteiger charge is -2.34. The number of amides is 2. The predicted molar refractivity (Wildman–Crippen MR) is 287 cm³/mol. The van der Waals surface area contributed by atoms with Gasteiger partial charge >= 0.3 is 42.0 Å². The van der Waals surface area contributed by atoms with Crippen molar-refractivity contribution in [2.45, 2.75) is 125 Å². The van der Waals surface area contributed by atoms with Gasteiger partial charge in [-0.3, -0.25) is 64.9 Å². The smallest absolute Gasteiger partial charge is 0.407 e. The summed E-state index contributed by atoms with van der Waals surface area (Å²) < 4.78 is 270. The number of alkyl carbamates (subject to hydrolysis) is 2. The first kappa shape index (κ1) is 84.8. The second-order valence-electron chi connectivity index (χ2n) is 20.6. The van der Waals surface area contributed by atoms with E-state index in [1.807, 2.05) is 5.32 Å². The summed E-state index contributed by atoms with van der Waals surface area (Å²) in [7, 11) is -27.0. The maximum atomic E-state index is 13.9. The first-order chi connectivity index (χ1) is 37.5. The van der Waals surface area contributed by atoms with Crippen LogP contribution in [0.25, 0.3) is 0 Å². The highest BCUT2D eigenvalue weighted by Gasteiger charge is 2.56. The third-order valence-corrected chi connectivity index (χ3v) is 22.6. The molecule has 504 valence electrons. The largest absolute Gasteiger partial charge is 0.463 e. The van der Waals surface area contributed by atoms with Crippen LogP contribution < -0.4 is 10.6 Å². The van der Waals surface area contributed by atoms with Crippen LogP contribution in [0.1, 0.15) is 101 Å². The second kappa shape index (κ2) is 32.7. The van der Waals surface area contributed by atoms with E-state index in [2.05, 4.69) is 24.3 Å². The van der Waals surface area contributed by atoms with Gasteiger partial charge in [-0.25, -0.2) is 40.7 Å². The van der Waals surface area contributed by atoms with E-state index in [-0.39, 0.29) is 38.8 Å². The Bertz CT molecular complexity index is 2880. The van der Waals surface area contributed by atoms with Gasteiger partial charge in [0.15, 0.2) is 26.4 Å². The minimum absolute atomic E-state index is 0.194. The van der Waals surface area contributed by atoms with Gasteiger partial charge in [0.1, 0.15) is 13.2 Å². The number of sulfone groups is 6. The van der Waals surface area contributed by atoms with E-state index < -0.39 is 194 Å². The first-order valence-corrected chi connectivity index (χ1v) is 35.6. The lowest BCUT2D eigenvalue weighted by atomic mass is 9.91. The van der Waals surface area contributed by atoms with Crippen LogP contribution in [0.5, 0.6) is 0 Å². The lowest BCUT2D eigenvalue weighted by molar-refractivity contribution is -0.223. The molecule has 85 heavy (non-hydrogen) atoms. The zero-order chi connectivity index (χ0) is 68.3. The van der Waals surface area contributed by atoms with Crippen LogP contribution >= 0.6 is 0 Å². The molecule has 0 aromatic carbocycles. The highest BCUT2D eigenvalue weighted by molar-refractivity contribution is 8.13. The Kier molecular flexibility index (Phi) is 32.6. The molecule has 0 bridgehead atoms. The molecule has 0 rings (SSSR count). The fourth-order valence-electron chi connectivity index (χ4n) is 4.95. The number of hydrogen-bond acceptors (Lipinski definition) is 24. The summed E-state index contributed by atoms with van der Waals surface area (Å²) in [5.74, 6) is -21.1. The molecule has 0 aliphatic heterocycles. The van der Waals surface area contributed by atoms with E-state index in [1.165, 1.54) is 0 Å². The molecule has 0 aliphatic rings. The normalized spacial score (nSPS) is 13.5. The second-order valence-corrected chi connectivity index (χ2v) is 33.6. The minimum atomic E-state index is -5.16. The summed E-state index contributed by atoms with van der Waals surface area (Å²) in [6.07, 6.45) is -4.38. The van der Waals surface area contributed by atoms with Crippen LogP contribution in [0.15, 0.2) is 0 Å². The highest BCUT2D eigenvalue weighted by Crippen LogP contribution is 2.42. The van der Waals surface area contributed by atoms with Gasteiger partial charge < -0.3 is 39.1 Å². The zero-order valence-corrected chi connectivity index (χ0v) is 54.1. The van der Waals surface area contributed by atoms with Gasteiger partial charge in [-0.15, -0.1) is 0 Å². The van der Waals surface area contributed by atoms with Crippen LogP contribution in [-0.4, -0.2) is 201 Å². The van der Waals surface area contributed by atoms with Gasteiger partial charge in [0.2, 0.25) is 0 Å². The van der Waals surface area contributed by atoms with Gasteiger partial charge in [-0.1, -0.05) is 53.8 Å². The van der Waals surface area contributed by atoms with E-state index >= 15 is 0 Å². The minimum Gasteiger partial charge on any atom is -0.463 e. The number of ether oxygens (including phenoxy) is 6. The summed E-state index contributed by atoms with van der Waals surface area (Å²) in [5.41, 5.74) is -2.34. The number of esters is 4. The number of alkyl halides is 8. The molecule has 2 N–H and O–H groups in total. The van der Waals surface area contributed by atoms with E-state index in [1.54, 1.807) is 62.3 Å². The topological polar surface area (TPSA) is 387 Å². The number of nitrogens with one attached hydrogen (secondary N) is 2. The third-order valence-electron chi connectivity index (χ3n) is 11.3. The van der Waals surface area contributed by atoms with E-state index in [0.29, 0.717) is 44.3 Å². The van der Waals surface area contributed by atoms with Crippen molar-refractivity contribution in [2.75, 3.05) is 90.3 Å². The Labute approximate surface area is 491 Å². The standard InChI is InChI=1S/C16H26F4NO8S2.C15H26F2NO8S2.C14H23F2O8S2/c1-6-14(2,3)12(22)28-8-7-21-13(23)29-10-16(19,20)15(17,18)9-11(30(4,24)25)31(5,26)27;1-6-14(2,3)12(19)25-8-7-18-13(20)26-10-15(16,17)9-11(27(4,21)22)28(5,23)24;1-6-13(2,3)12(18)23-8-10(17)24-9-14(15,16)7-11(25(4,19)20)26(5,21)22/h6-10H2,1-5H3,(H,21,23);6-10H2,1-5H3,(H,18,20);6-9H2,1-5H3/q3*-1. The highest BCUT2D eigenvalue weighted by atomic mass is 32.3. The van der Waals surface area contributed by atoms with E-state index in [0.717, 1.165) is 0 Å². The number of halogens is 8. The van der Waals surface area contributed by atoms with E-state index in [4.69, 9.17) is 9.47 Å². The van der Waals surface area contributed by atoms with Gasteiger partial charge in [-0.05, 0) is 60.8 Å². The predicted octanol–water partition coefficient (Wildman–Crippen LogP) is 4.34. The van der Waals surface area contributed by atoms with Crippen molar-refractivity contribution in [2.24, 2.45) is 16.2 Å². The molecule has 0 fully saturated rings. The number of carbonyl (C=O) groups is 6. The maximum Gasteiger partial charge on any atom is 0.407 e. The SMILES string of the molecule is CCC(C)(C)C(=O)OCC(=O)OCC(F)(F)C[C-](S(C)(=O)=O)S(C)(=O)=O.CCC(C)(C)C(=O)OCCNC(=O)OCC(F)(F)C(F)(F)C[C-](S(C)(=O)=O)S(C)(=O)=O.CCC(C)(C)C(=O)OCCNC(=O)OCC(F)(F)C[C-](S(C)(=O)=O)S(C)(=O)=O. The summed E-state index contributed by atoms with van der Waals surface area (Å²) in [5, 5.41) is 3.99. The molecule has 40 heteroatoms. The Hall–Kier alpha value is -4.44. The van der Waals surface area contributed by atoms with Crippen molar-refractivity contribution in [3.8, 4) is 0 Å². The first-order valence-electron chi connectivity index (χ1n) is 24.3. The van der Waals surface area contributed by atoms with Crippen LogP contribution in [-0.2, 0) is 107 Å². The molecule has 0 aromatic rings.